The van der Waals surface area contributed by atoms with Crippen LogP contribution in [0.15, 0.2) is 53.5 Å². The largest absolute Gasteiger partial charge is 0.504 e. The second kappa shape index (κ2) is 6.18. The maximum atomic E-state index is 10.8. The Labute approximate surface area is 187 Å². The van der Waals surface area contributed by atoms with Gasteiger partial charge in [0.1, 0.15) is 16.9 Å². The van der Waals surface area contributed by atoms with Crippen LogP contribution in [-0.4, -0.2) is 41.3 Å². The average Bonchev–Trinajstić information content (AvgIpc) is 3.33. The zero-order chi connectivity index (χ0) is 21.7. The molecule has 1 fully saturated rings. The summed E-state index contributed by atoms with van der Waals surface area (Å²) < 4.78 is 20.1. The van der Waals surface area contributed by atoms with Crippen molar-refractivity contribution in [1.29, 1.82) is 0 Å². The fourth-order valence-corrected chi connectivity index (χ4v) is 7.46. The Morgan fingerprint density at radius 1 is 1.28 bits per heavy atom. The highest BCUT2D eigenvalue weighted by molar-refractivity contribution is 5.84. The molecule has 2 aromatic carbocycles. The van der Waals surface area contributed by atoms with Gasteiger partial charge in [-0.2, -0.15) is 0 Å². The minimum absolute atomic E-state index is 0.199. The van der Waals surface area contributed by atoms with E-state index in [2.05, 4.69) is 36.6 Å². The summed E-state index contributed by atoms with van der Waals surface area (Å²) >= 11 is 0. The van der Waals surface area contributed by atoms with Crippen molar-refractivity contribution in [3.05, 3.63) is 71.5 Å². The number of phenols is 1. The van der Waals surface area contributed by atoms with E-state index >= 15 is 0 Å². The van der Waals surface area contributed by atoms with Crippen molar-refractivity contribution in [3.8, 4) is 11.5 Å². The van der Waals surface area contributed by atoms with Crippen LogP contribution >= 0.6 is 0 Å². The molecule has 1 aromatic heterocycles. The Kier molecular flexibility index (Phi) is 3.63. The van der Waals surface area contributed by atoms with E-state index < -0.39 is 5.60 Å². The van der Waals surface area contributed by atoms with Gasteiger partial charge in [0.2, 0.25) is 0 Å². The maximum Gasteiger partial charge on any atom is 0.169 e. The van der Waals surface area contributed by atoms with Gasteiger partial charge in [0.25, 0.3) is 0 Å². The summed E-state index contributed by atoms with van der Waals surface area (Å²) in [5.41, 5.74) is 3.65. The summed E-state index contributed by atoms with van der Waals surface area (Å²) in [5, 5.41) is 12.0. The van der Waals surface area contributed by atoms with E-state index in [1.807, 2.05) is 18.2 Å². The number of hydrogen-bond donors (Lipinski definition) is 1. The third-order valence-corrected chi connectivity index (χ3v) is 8.47. The minimum atomic E-state index is -0.459. The van der Waals surface area contributed by atoms with Crippen molar-refractivity contribution >= 4 is 11.0 Å². The Hall–Kier alpha value is -2.76. The summed E-state index contributed by atoms with van der Waals surface area (Å²) in [6.07, 6.45) is 4.24. The van der Waals surface area contributed by atoms with Crippen LogP contribution in [0.3, 0.4) is 0 Å². The van der Waals surface area contributed by atoms with Gasteiger partial charge in [0.05, 0.1) is 5.41 Å². The number of furan rings is 1. The number of rotatable bonds is 4. The fraction of sp³-hybridized carbons (Fsp3) is 0.407. The average molecular weight is 430 g/mol. The zero-order valence-electron chi connectivity index (χ0n) is 18.3. The molecule has 3 aromatic rings. The maximum absolute atomic E-state index is 10.8. The first-order chi connectivity index (χ1) is 15.6. The number of phenolic OH excluding ortho intramolecular Hbond substituents is 1. The third kappa shape index (κ3) is 1.94. The number of hydrogen-bond acceptors (Lipinski definition) is 5. The predicted molar refractivity (Wildman–Crippen MR) is 121 cm³/mol. The Balaban J connectivity index is 1.58. The number of nitrogens with zero attached hydrogens (tertiary/aromatic N) is 1. The first-order valence-electron chi connectivity index (χ1n) is 11.7. The molecule has 4 aliphatic rings. The lowest BCUT2D eigenvalue weighted by atomic mass is 9.49. The lowest BCUT2D eigenvalue weighted by molar-refractivity contribution is -0.202. The number of para-hydroxylation sites is 1. The highest BCUT2D eigenvalue weighted by atomic mass is 16.5. The monoisotopic (exact) mass is 429 g/mol. The van der Waals surface area contributed by atoms with Crippen LogP contribution in [0.25, 0.3) is 11.0 Å². The molecule has 5 heteroatoms. The fourth-order valence-electron chi connectivity index (χ4n) is 7.46. The van der Waals surface area contributed by atoms with Crippen molar-refractivity contribution in [2.45, 2.75) is 49.3 Å². The van der Waals surface area contributed by atoms with Crippen LogP contribution in [0.4, 0.5) is 0 Å². The highest BCUT2D eigenvalue weighted by Gasteiger charge is 2.74. The molecule has 4 atom stereocenters. The van der Waals surface area contributed by atoms with Gasteiger partial charge in [-0.15, -0.1) is 6.58 Å². The topological polar surface area (TPSA) is 55.1 Å². The molecule has 0 saturated carbocycles. The molecule has 2 bridgehead atoms. The molecule has 5 nitrogen and oxygen atoms in total. The first-order valence-corrected chi connectivity index (χ1v) is 11.7. The number of benzene rings is 2. The molecule has 0 radical (unpaired) electrons. The summed E-state index contributed by atoms with van der Waals surface area (Å²) in [4.78, 5) is 2.53. The highest BCUT2D eigenvalue weighted by Crippen LogP contribution is 2.70. The second-order valence-corrected chi connectivity index (χ2v) is 9.61. The normalized spacial score (nSPS) is 31.8. The van der Waals surface area contributed by atoms with Gasteiger partial charge in [0.15, 0.2) is 17.6 Å². The molecular formula is C27H27NO4. The minimum Gasteiger partial charge on any atom is -0.504 e. The molecule has 1 saturated heterocycles. The van der Waals surface area contributed by atoms with Crippen LogP contribution in [-0.2, 0) is 23.0 Å². The van der Waals surface area contributed by atoms with Crippen molar-refractivity contribution in [1.82, 2.24) is 4.90 Å². The van der Waals surface area contributed by atoms with Crippen LogP contribution in [0, 0.1) is 0 Å². The molecule has 0 unspecified atom stereocenters. The van der Waals surface area contributed by atoms with Crippen LogP contribution in [0.1, 0.15) is 41.9 Å². The van der Waals surface area contributed by atoms with E-state index in [4.69, 9.17) is 13.9 Å². The van der Waals surface area contributed by atoms with E-state index in [9.17, 15) is 5.11 Å². The van der Waals surface area contributed by atoms with Crippen molar-refractivity contribution < 1.29 is 19.0 Å². The number of piperidine rings is 1. The van der Waals surface area contributed by atoms with Crippen molar-refractivity contribution in [2.24, 2.45) is 0 Å². The number of aromatic hydroxyl groups is 1. The summed E-state index contributed by atoms with van der Waals surface area (Å²) in [5.74, 6) is 1.74. The lowest BCUT2D eigenvalue weighted by Gasteiger charge is -2.64. The van der Waals surface area contributed by atoms with Crippen molar-refractivity contribution in [2.75, 3.05) is 19.7 Å². The summed E-state index contributed by atoms with van der Waals surface area (Å²) in [7, 11) is 0. The molecule has 1 N–H and O–H groups in total. The van der Waals surface area contributed by atoms with Crippen LogP contribution in [0.5, 0.6) is 11.5 Å². The van der Waals surface area contributed by atoms with Crippen molar-refractivity contribution in [3.63, 3.8) is 0 Å². The van der Waals surface area contributed by atoms with Gasteiger partial charge in [-0.25, -0.2) is 0 Å². The molecule has 7 rings (SSSR count). The van der Waals surface area contributed by atoms with Crippen LogP contribution < -0.4 is 4.74 Å². The lowest BCUT2D eigenvalue weighted by Crippen LogP contribution is -2.75. The Morgan fingerprint density at radius 3 is 3.00 bits per heavy atom. The molecule has 32 heavy (non-hydrogen) atoms. The van der Waals surface area contributed by atoms with E-state index in [0.29, 0.717) is 12.4 Å². The van der Waals surface area contributed by atoms with Gasteiger partial charge in [-0.3, -0.25) is 4.90 Å². The number of ether oxygens (including phenoxy) is 2. The molecule has 164 valence electrons. The van der Waals surface area contributed by atoms with E-state index in [0.717, 1.165) is 54.6 Å². The van der Waals surface area contributed by atoms with Gasteiger partial charge >= 0.3 is 0 Å². The summed E-state index contributed by atoms with van der Waals surface area (Å²) in [6, 6.07) is 12.3. The Morgan fingerprint density at radius 2 is 2.16 bits per heavy atom. The third-order valence-electron chi connectivity index (χ3n) is 8.47. The predicted octanol–water partition coefficient (Wildman–Crippen LogP) is 4.66. The first kappa shape index (κ1) is 18.8. The van der Waals surface area contributed by atoms with Gasteiger partial charge in [-0.1, -0.05) is 30.3 Å². The molecule has 2 aliphatic heterocycles. The van der Waals surface area contributed by atoms with E-state index in [1.54, 1.807) is 6.07 Å². The molecule has 2 aliphatic carbocycles. The summed E-state index contributed by atoms with van der Waals surface area (Å²) in [6.45, 7) is 8.52. The number of fused-ring (bicyclic) bond motifs is 4. The van der Waals surface area contributed by atoms with E-state index in [1.165, 1.54) is 11.1 Å². The van der Waals surface area contributed by atoms with Gasteiger partial charge in [-0.05, 0) is 37.5 Å². The SMILES string of the molecule is C=CCN1CC[C@]23c4c5ccc(O)c4O[C@H]2c2oc4ccccc4c2C[C@@]3(OCC)[C@@H]1C5. The van der Waals surface area contributed by atoms with Crippen LogP contribution in [0.2, 0.25) is 0 Å². The molecule has 1 spiro atoms. The van der Waals surface area contributed by atoms with E-state index in [-0.39, 0.29) is 23.3 Å². The molecule has 0 amide bonds. The standard InChI is InChI=1S/C27H27NO4/c1-3-12-28-13-11-26-22-16-9-10-19(29)24(22)32-25(26)23-18(17-7-5-6-8-20(17)31-23)15-27(26,30-4-2)21(28)14-16/h3,5-10,21,25,29H,1,4,11-15H2,2H3/t21-,25-,26-,27+/m0/s1. The van der Waals surface area contributed by atoms with Gasteiger partial charge in [0, 0.05) is 48.7 Å². The zero-order valence-corrected chi connectivity index (χ0v) is 18.3. The molecular weight excluding hydrogens is 402 g/mol. The quantitative estimate of drug-likeness (QED) is 0.612. The Bertz CT molecular complexity index is 1280. The number of likely N-dealkylation sites (tertiary alicyclic amines) is 1. The van der Waals surface area contributed by atoms with Gasteiger partial charge < -0.3 is 19.0 Å². The smallest absolute Gasteiger partial charge is 0.169 e. The second-order valence-electron chi connectivity index (χ2n) is 9.61. The molecule has 3 heterocycles.